The summed E-state index contributed by atoms with van der Waals surface area (Å²) in [6, 6.07) is -18.3. The number of fused-ring (bicyclic) bond motifs is 4. The summed E-state index contributed by atoms with van der Waals surface area (Å²) in [5.74, 6) is -0.653. The van der Waals surface area contributed by atoms with E-state index in [0.29, 0.717) is 0 Å². The fraction of sp³-hybridized carbons (Fsp3) is 0. The van der Waals surface area contributed by atoms with Gasteiger partial charge < -0.3 is 4.74 Å². The van der Waals surface area contributed by atoms with E-state index < -0.39 is 206 Å². The van der Waals surface area contributed by atoms with Gasteiger partial charge in [-0.25, -0.2) is 0 Å². The summed E-state index contributed by atoms with van der Waals surface area (Å²) in [7, 11) is 0. The van der Waals surface area contributed by atoms with Crippen LogP contribution in [0.5, 0.6) is 11.5 Å². The second-order valence-corrected chi connectivity index (χ2v) is 9.41. The number of ether oxygens (including phenoxy) is 1. The highest BCUT2D eigenvalue weighted by Crippen LogP contribution is 2.51. The first-order chi connectivity index (χ1) is 31.3. The van der Waals surface area contributed by atoms with Crippen molar-refractivity contribution in [3.05, 3.63) is 157 Å². The molecule has 9 rings (SSSR count). The van der Waals surface area contributed by atoms with Gasteiger partial charge in [-0.15, -0.1) is 0 Å². The monoisotopic (exact) mass is 570 g/mol. The molecule has 0 bridgehead atoms. The van der Waals surface area contributed by atoms with Crippen molar-refractivity contribution in [2.24, 2.45) is 0 Å². The summed E-state index contributed by atoms with van der Waals surface area (Å²) in [6.07, 6.45) is 0. The van der Waals surface area contributed by atoms with E-state index in [1.807, 2.05) is 0 Å². The standard InChI is InChI=1S/C42H26O/c1-2-13-27(14-3-1)28-15-4-5-17-30(28)40-32-18-6-8-20-34(32)41(35-21-9-7-19-33(35)40)37-25-26-39-42-31(22-12-23-36(37)42)29-16-10-11-24-38(29)43-39/h1-26H/i1D,2D,3D,4D,5D,6D,7D,8D,9D,10D,11D,12D,13D,14D,15D,16D,17D,18D,19D,20D,21D,22D,25D,26D. The van der Waals surface area contributed by atoms with Crippen molar-refractivity contribution in [1.29, 1.82) is 0 Å². The molecular weight excluding hydrogens is 520 g/mol. The predicted octanol–water partition coefficient (Wildman–Crippen LogP) is 11.9. The lowest BCUT2D eigenvalue weighted by Crippen LogP contribution is -1.98. The molecule has 0 N–H and O–H groups in total. The zero-order valence-corrected chi connectivity index (χ0v) is 21.6. The minimum Gasteiger partial charge on any atom is -0.456 e. The maximum Gasteiger partial charge on any atom is 0.135 e. The van der Waals surface area contributed by atoms with Crippen LogP contribution in [0.1, 0.15) is 32.9 Å². The Balaban J connectivity index is 1.65. The summed E-state index contributed by atoms with van der Waals surface area (Å²) < 4.78 is 221. The van der Waals surface area contributed by atoms with Crippen LogP contribution in [0.2, 0.25) is 0 Å². The maximum atomic E-state index is 9.60. The maximum absolute atomic E-state index is 9.60. The SMILES string of the molecule is [2H]c1cc2c(c([2H])c1[2H])-c1c([2H])c([2H])cc3c(-c4c5c([2H])c([2H])c([2H])c([2H])c5c(-c5c([2H])c([2H])c([2H])c([2H])c5-c5c([2H])c([2H])c([2H])c([2H])c5[2H])c5c([2H])c([2H])c([2H])c([2H])c45)c([2H])c([2H])c(c13)O2. The van der Waals surface area contributed by atoms with Crippen molar-refractivity contribution >= 4 is 32.3 Å². The second-order valence-electron chi connectivity index (χ2n) is 9.41. The second kappa shape index (κ2) is 9.44. The van der Waals surface area contributed by atoms with Gasteiger partial charge in [0.05, 0.1) is 32.9 Å². The quantitative estimate of drug-likeness (QED) is 0.192. The normalized spacial score (nSPS) is 19.7. The first-order valence-corrected chi connectivity index (χ1v) is 12.8. The van der Waals surface area contributed by atoms with E-state index in [4.69, 9.17) is 28.0 Å². The van der Waals surface area contributed by atoms with E-state index in [-0.39, 0.29) is 27.6 Å². The summed E-state index contributed by atoms with van der Waals surface area (Å²) in [6.45, 7) is 0. The molecule has 1 aliphatic rings. The zero-order valence-electron chi connectivity index (χ0n) is 45.6. The van der Waals surface area contributed by atoms with Gasteiger partial charge in [0.25, 0.3) is 0 Å². The highest BCUT2D eigenvalue weighted by molar-refractivity contribution is 6.25. The molecule has 200 valence electrons. The smallest absolute Gasteiger partial charge is 0.135 e. The van der Waals surface area contributed by atoms with Crippen LogP contribution >= 0.6 is 0 Å². The molecule has 8 aromatic carbocycles. The minimum atomic E-state index is -1.01. The van der Waals surface area contributed by atoms with Crippen LogP contribution in [0.25, 0.3) is 76.8 Å². The predicted molar refractivity (Wildman–Crippen MR) is 181 cm³/mol. The third-order valence-electron chi connectivity index (χ3n) is 7.21. The van der Waals surface area contributed by atoms with Crippen LogP contribution in [0, 0.1) is 0 Å². The minimum absolute atomic E-state index is 0.206. The van der Waals surface area contributed by atoms with Gasteiger partial charge in [-0.3, -0.25) is 0 Å². The van der Waals surface area contributed by atoms with E-state index in [1.165, 1.54) is 0 Å². The van der Waals surface area contributed by atoms with Crippen LogP contribution in [-0.2, 0) is 0 Å². The van der Waals surface area contributed by atoms with Gasteiger partial charge in [-0.1, -0.05) is 139 Å². The van der Waals surface area contributed by atoms with Gasteiger partial charge in [-0.2, -0.15) is 0 Å². The Morgan fingerprint density at radius 3 is 1.63 bits per heavy atom. The largest absolute Gasteiger partial charge is 0.456 e. The van der Waals surface area contributed by atoms with Gasteiger partial charge in [0.15, 0.2) is 0 Å². The van der Waals surface area contributed by atoms with Crippen molar-refractivity contribution in [2.75, 3.05) is 0 Å². The molecule has 0 fully saturated rings. The van der Waals surface area contributed by atoms with Crippen molar-refractivity contribution in [2.45, 2.75) is 0 Å². The van der Waals surface area contributed by atoms with Gasteiger partial charge in [0, 0.05) is 10.9 Å². The Hall–Kier alpha value is -5.66. The number of hydrogen-bond donors (Lipinski definition) is 0. The Kier molecular flexibility index (Phi) is 2.25. The van der Waals surface area contributed by atoms with Crippen LogP contribution < -0.4 is 4.74 Å². The van der Waals surface area contributed by atoms with E-state index in [0.717, 1.165) is 12.1 Å². The Morgan fingerprint density at radius 2 is 0.907 bits per heavy atom. The Labute approximate surface area is 284 Å². The van der Waals surface area contributed by atoms with Crippen LogP contribution in [0.3, 0.4) is 0 Å². The lowest BCUT2D eigenvalue weighted by molar-refractivity contribution is 0.487. The van der Waals surface area contributed by atoms with Gasteiger partial charge in [0.1, 0.15) is 11.5 Å². The third kappa shape index (κ3) is 3.58. The topological polar surface area (TPSA) is 9.23 Å². The fourth-order valence-electron chi connectivity index (χ4n) is 5.49. The lowest BCUT2D eigenvalue weighted by atomic mass is 9.82. The Morgan fingerprint density at radius 1 is 0.349 bits per heavy atom. The molecule has 0 aliphatic carbocycles. The van der Waals surface area contributed by atoms with E-state index in [9.17, 15) is 9.60 Å². The van der Waals surface area contributed by atoms with Crippen LogP contribution in [0.15, 0.2) is 157 Å². The summed E-state index contributed by atoms with van der Waals surface area (Å²) in [5, 5.41) is -3.12. The summed E-state index contributed by atoms with van der Waals surface area (Å²) in [5.41, 5.74) is -4.61. The van der Waals surface area contributed by atoms with Crippen molar-refractivity contribution < 1.29 is 37.6 Å². The molecule has 0 amide bonds. The number of para-hydroxylation sites is 1. The van der Waals surface area contributed by atoms with Crippen LogP contribution in [-0.4, -0.2) is 0 Å². The van der Waals surface area contributed by atoms with Crippen LogP contribution in [0.4, 0.5) is 0 Å². The molecule has 8 aromatic rings. The molecule has 0 unspecified atom stereocenters. The van der Waals surface area contributed by atoms with Gasteiger partial charge in [-0.05, 0) is 84.0 Å². The zero-order chi connectivity index (χ0) is 49.2. The van der Waals surface area contributed by atoms with Gasteiger partial charge in [0.2, 0.25) is 0 Å². The number of benzene rings is 8. The van der Waals surface area contributed by atoms with E-state index in [1.54, 1.807) is 0 Å². The molecule has 43 heavy (non-hydrogen) atoms. The summed E-state index contributed by atoms with van der Waals surface area (Å²) >= 11 is 0. The molecule has 1 heteroatoms. The molecule has 0 spiro atoms. The molecule has 0 saturated heterocycles. The number of hydrogen-bond acceptors (Lipinski definition) is 1. The molecule has 0 aromatic heterocycles. The van der Waals surface area contributed by atoms with E-state index >= 15 is 0 Å². The molecule has 0 radical (unpaired) electrons. The molecule has 0 atom stereocenters. The molecule has 0 saturated carbocycles. The van der Waals surface area contributed by atoms with Crippen molar-refractivity contribution in [3.8, 4) is 56.0 Å². The third-order valence-corrected chi connectivity index (χ3v) is 7.21. The average Bonchev–Trinajstić information content (AvgIpc) is 3.30. The first kappa shape index (κ1) is 10.3. The fourth-order valence-corrected chi connectivity index (χ4v) is 5.49. The molecule has 1 aliphatic heterocycles. The molecular formula is C42H26O. The molecule has 1 heterocycles. The lowest BCUT2D eigenvalue weighted by Gasteiger charge is -2.24. The summed E-state index contributed by atoms with van der Waals surface area (Å²) in [4.78, 5) is 0. The first-order valence-electron chi connectivity index (χ1n) is 24.8. The highest BCUT2D eigenvalue weighted by Gasteiger charge is 2.24. The van der Waals surface area contributed by atoms with E-state index in [2.05, 4.69) is 0 Å². The Bertz CT molecular complexity index is 3600. The molecule has 1 nitrogen and oxygen atoms in total. The van der Waals surface area contributed by atoms with Gasteiger partial charge >= 0.3 is 0 Å². The van der Waals surface area contributed by atoms with Crippen molar-refractivity contribution in [1.82, 2.24) is 0 Å². The van der Waals surface area contributed by atoms with Crippen molar-refractivity contribution in [3.63, 3.8) is 0 Å². The number of rotatable bonds is 3. The average molecular weight is 571 g/mol. The highest BCUT2D eigenvalue weighted by atomic mass is 16.5.